The molecule has 0 saturated heterocycles. The van der Waals surface area contributed by atoms with E-state index in [4.69, 9.17) is 16.3 Å². The maximum atomic E-state index is 13.5. The van der Waals surface area contributed by atoms with Crippen LogP contribution in [0.1, 0.15) is 36.0 Å². The summed E-state index contributed by atoms with van der Waals surface area (Å²) in [4.78, 5) is 25.3. The Morgan fingerprint density at radius 2 is 1.79 bits per heavy atom. The Morgan fingerprint density at radius 1 is 1.12 bits per heavy atom. The van der Waals surface area contributed by atoms with E-state index in [0.29, 0.717) is 12.8 Å². The highest BCUT2D eigenvalue weighted by molar-refractivity contribution is 7.94. The predicted molar refractivity (Wildman–Crippen MR) is 109 cm³/mol. The topological polar surface area (TPSA) is 116 Å². The number of methoxy groups -OCH3 is 1. The van der Waals surface area contributed by atoms with Gasteiger partial charge in [0.1, 0.15) is 5.75 Å². The number of halogens is 4. The summed E-state index contributed by atoms with van der Waals surface area (Å²) in [6, 6.07) is 5.58. The molecule has 33 heavy (non-hydrogen) atoms. The number of anilines is 1. The van der Waals surface area contributed by atoms with Gasteiger partial charge in [-0.05, 0) is 37.1 Å². The number of amides is 1. The summed E-state index contributed by atoms with van der Waals surface area (Å²) < 4.78 is 74.9. The fourth-order valence-electron chi connectivity index (χ4n) is 3.32. The van der Waals surface area contributed by atoms with Crippen molar-refractivity contribution in [3.05, 3.63) is 41.0 Å². The Kier molecular flexibility index (Phi) is 7.12. The smallest absolute Gasteiger partial charge is 0.465 e. The second kappa shape index (κ2) is 9.51. The number of esters is 1. The van der Waals surface area contributed by atoms with Crippen molar-refractivity contribution in [2.24, 2.45) is 5.92 Å². The fraction of sp³-hybridized carbons (Fsp3) is 0.368. The molecule has 1 saturated carbocycles. The van der Waals surface area contributed by atoms with Crippen LogP contribution < -0.4 is 9.04 Å². The van der Waals surface area contributed by atoms with Crippen molar-refractivity contribution >= 4 is 39.2 Å². The van der Waals surface area contributed by atoms with Crippen LogP contribution in [0.2, 0.25) is 5.15 Å². The van der Waals surface area contributed by atoms with E-state index >= 15 is 0 Å². The highest BCUT2D eigenvalue weighted by atomic mass is 35.5. The first-order valence-electron chi connectivity index (χ1n) is 9.50. The lowest BCUT2D eigenvalue weighted by molar-refractivity contribution is -0.121. The molecule has 14 heteroatoms. The second-order valence-corrected chi connectivity index (χ2v) is 9.17. The van der Waals surface area contributed by atoms with Crippen molar-refractivity contribution in [2.75, 3.05) is 11.4 Å². The van der Waals surface area contributed by atoms with Gasteiger partial charge in [0.2, 0.25) is 11.8 Å². The number of ether oxygens (including phenoxy) is 2. The van der Waals surface area contributed by atoms with Crippen LogP contribution in [0.3, 0.4) is 0 Å². The summed E-state index contributed by atoms with van der Waals surface area (Å²) in [7, 11) is -5.22. The minimum Gasteiger partial charge on any atom is -0.465 e. The van der Waals surface area contributed by atoms with E-state index in [1.165, 1.54) is 12.1 Å². The molecule has 0 atom stereocenters. The van der Waals surface area contributed by atoms with Gasteiger partial charge in [0.25, 0.3) is 0 Å². The summed E-state index contributed by atoms with van der Waals surface area (Å²) in [6.07, 6.45) is 1.59. The Balaban J connectivity index is 2.12. The molecule has 0 spiro atoms. The van der Waals surface area contributed by atoms with Crippen LogP contribution in [-0.2, 0) is 19.6 Å². The third-order valence-corrected chi connectivity index (χ3v) is 6.50. The van der Waals surface area contributed by atoms with Gasteiger partial charge in [-0.1, -0.05) is 24.4 Å². The third-order valence-electron chi connectivity index (χ3n) is 4.86. The molecule has 0 aliphatic heterocycles. The minimum absolute atomic E-state index is 0.0650. The number of hydrogen-bond donors (Lipinski definition) is 0. The van der Waals surface area contributed by atoms with Crippen LogP contribution in [-0.4, -0.2) is 43.1 Å². The van der Waals surface area contributed by atoms with E-state index in [1.54, 1.807) is 0 Å². The van der Waals surface area contributed by atoms with Crippen LogP contribution in [0.15, 0.2) is 30.3 Å². The second-order valence-electron chi connectivity index (χ2n) is 7.00. The van der Waals surface area contributed by atoms with Crippen molar-refractivity contribution in [2.45, 2.75) is 31.2 Å². The molecule has 1 amide bonds. The number of carbonyl (C=O) groups is 2. The van der Waals surface area contributed by atoms with Gasteiger partial charge in [0, 0.05) is 12.0 Å². The minimum atomic E-state index is -6.17. The molecule has 9 nitrogen and oxygen atoms in total. The van der Waals surface area contributed by atoms with Crippen LogP contribution >= 0.6 is 11.6 Å². The van der Waals surface area contributed by atoms with Crippen LogP contribution in [0.4, 0.5) is 18.9 Å². The molecule has 1 aromatic carbocycles. The van der Waals surface area contributed by atoms with Crippen molar-refractivity contribution in [1.29, 1.82) is 0 Å². The van der Waals surface area contributed by atoms with Gasteiger partial charge in [-0.3, -0.25) is 4.79 Å². The first kappa shape index (κ1) is 24.7. The summed E-state index contributed by atoms with van der Waals surface area (Å²) in [5.41, 5.74) is -7.22. The largest absolute Gasteiger partial charge is 0.517 e. The standard InChI is InChI=1S/C19H17ClF3N3O6S/c1-31-18(28)13-10-12(32-16-9-8-15(20)24-25-16)6-7-14(13)26(33(29,30)19(21,22)23)17(27)11-4-2-3-5-11/h6-11H,2-5H2,1H3. The first-order valence-corrected chi connectivity index (χ1v) is 11.3. The zero-order valence-electron chi connectivity index (χ0n) is 17.0. The van der Waals surface area contributed by atoms with Gasteiger partial charge in [-0.15, -0.1) is 10.2 Å². The number of hydrogen-bond acceptors (Lipinski definition) is 8. The van der Waals surface area contributed by atoms with E-state index in [-0.39, 0.29) is 33.9 Å². The first-order chi connectivity index (χ1) is 15.5. The fourth-order valence-corrected chi connectivity index (χ4v) is 4.43. The molecule has 2 aromatic rings. The summed E-state index contributed by atoms with van der Waals surface area (Å²) in [5.74, 6) is -3.56. The van der Waals surface area contributed by atoms with Crippen molar-refractivity contribution in [3.63, 3.8) is 0 Å². The Hall–Kier alpha value is -2.93. The van der Waals surface area contributed by atoms with E-state index in [0.717, 1.165) is 25.3 Å². The molecule has 0 radical (unpaired) electrons. The third kappa shape index (κ3) is 5.19. The maximum absolute atomic E-state index is 13.5. The lowest BCUT2D eigenvalue weighted by atomic mass is 10.1. The van der Waals surface area contributed by atoms with E-state index < -0.39 is 44.6 Å². The average Bonchev–Trinajstić information content (AvgIpc) is 3.30. The number of benzene rings is 1. The van der Waals surface area contributed by atoms with Gasteiger partial charge in [-0.2, -0.15) is 25.9 Å². The summed E-state index contributed by atoms with van der Waals surface area (Å²) >= 11 is 5.64. The van der Waals surface area contributed by atoms with E-state index in [2.05, 4.69) is 14.9 Å². The zero-order valence-corrected chi connectivity index (χ0v) is 18.6. The van der Waals surface area contributed by atoms with Gasteiger partial charge in [0.05, 0.1) is 18.4 Å². The SMILES string of the molecule is COC(=O)c1cc(Oc2ccc(Cl)nn2)ccc1N(C(=O)C1CCCC1)S(=O)(=O)C(F)(F)F. The van der Waals surface area contributed by atoms with Gasteiger partial charge < -0.3 is 9.47 Å². The quantitative estimate of drug-likeness (QED) is 0.537. The van der Waals surface area contributed by atoms with Crippen molar-refractivity contribution in [1.82, 2.24) is 10.2 Å². The molecule has 1 aliphatic rings. The molecule has 1 fully saturated rings. The lowest BCUT2D eigenvalue weighted by Gasteiger charge is -2.27. The number of sulfonamides is 1. The summed E-state index contributed by atoms with van der Waals surface area (Å²) in [6.45, 7) is 0. The van der Waals surface area contributed by atoms with Gasteiger partial charge >= 0.3 is 21.5 Å². The highest BCUT2D eigenvalue weighted by Gasteiger charge is 2.54. The van der Waals surface area contributed by atoms with Crippen LogP contribution in [0.5, 0.6) is 11.6 Å². The molecule has 0 unspecified atom stereocenters. The highest BCUT2D eigenvalue weighted by Crippen LogP contribution is 2.38. The monoisotopic (exact) mass is 507 g/mol. The number of alkyl halides is 3. The normalized spacial score (nSPS) is 14.7. The maximum Gasteiger partial charge on any atom is 0.517 e. The van der Waals surface area contributed by atoms with Crippen LogP contribution in [0, 0.1) is 5.92 Å². The van der Waals surface area contributed by atoms with E-state index in [1.807, 2.05) is 0 Å². The average molecular weight is 508 g/mol. The van der Waals surface area contributed by atoms with E-state index in [9.17, 15) is 31.2 Å². The predicted octanol–water partition coefficient (Wildman–Crippen LogP) is 4.08. The summed E-state index contributed by atoms with van der Waals surface area (Å²) in [5, 5.41) is 7.29. The van der Waals surface area contributed by atoms with Crippen molar-refractivity contribution in [3.8, 4) is 11.6 Å². The molecular weight excluding hydrogens is 491 g/mol. The van der Waals surface area contributed by atoms with Gasteiger partial charge in [0.15, 0.2) is 5.15 Å². The van der Waals surface area contributed by atoms with Crippen LogP contribution in [0.25, 0.3) is 0 Å². The molecule has 3 rings (SSSR count). The number of rotatable bonds is 6. The molecular formula is C19H17ClF3N3O6S. The Labute approximate surface area is 191 Å². The number of nitrogens with zero attached hydrogens (tertiary/aromatic N) is 3. The lowest BCUT2D eigenvalue weighted by Crippen LogP contribution is -2.47. The number of carbonyl (C=O) groups excluding carboxylic acids is 2. The number of aromatic nitrogens is 2. The zero-order chi connectivity index (χ0) is 24.4. The Morgan fingerprint density at radius 3 is 2.33 bits per heavy atom. The van der Waals surface area contributed by atoms with Gasteiger partial charge in [-0.25, -0.2) is 4.79 Å². The molecule has 1 aliphatic carbocycles. The molecule has 1 aromatic heterocycles. The molecule has 178 valence electrons. The molecule has 1 heterocycles. The Bertz CT molecular complexity index is 1150. The van der Waals surface area contributed by atoms with Crippen molar-refractivity contribution < 1.29 is 40.7 Å². The molecule has 0 bridgehead atoms. The molecule has 0 N–H and O–H groups in total.